The molecule has 1 aromatic heterocycles. The average Bonchev–Trinajstić information content (AvgIpc) is 3.36. The lowest BCUT2D eigenvalue weighted by Gasteiger charge is -2.39. The number of hydrogen-bond donors (Lipinski definition) is 1. The number of sulfonamides is 1. The fraction of sp³-hybridized carbons (Fsp3) is 0.478. The first-order chi connectivity index (χ1) is 16.4. The molecule has 0 radical (unpaired) electrons. The SMILES string of the molecule is N#Cc1cccc(S(=O)(=O)N2CCN(C(CC3CCCCC3)C(=O)Nc3nccs3)C(=O)C2)c1. The van der Waals surface area contributed by atoms with E-state index in [0.717, 1.165) is 30.0 Å². The number of carbonyl (C=O) groups is 2. The Morgan fingerprint density at radius 1 is 1.26 bits per heavy atom. The second-order valence-corrected chi connectivity index (χ2v) is 11.5. The summed E-state index contributed by atoms with van der Waals surface area (Å²) < 4.78 is 27.3. The summed E-state index contributed by atoms with van der Waals surface area (Å²) in [6.45, 7) is -0.139. The van der Waals surface area contributed by atoms with Crippen LogP contribution < -0.4 is 5.32 Å². The Hall–Kier alpha value is -2.81. The number of nitriles is 1. The van der Waals surface area contributed by atoms with E-state index in [1.54, 1.807) is 11.6 Å². The molecule has 1 aromatic carbocycles. The Bertz CT molecular complexity index is 1170. The van der Waals surface area contributed by atoms with E-state index in [0.29, 0.717) is 17.5 Å². The van der Waals surface area contributed by atoms with Gasteiger partial charge >= 0.3 is 0 Å². The van der Waals surface area contributed by atoms with Crippen LogP contribution in [0.4, 0.5) is 5.13 Å². The van der Waals surface area contributed by atoms with Crippen LogP contribution in [0, 0.1) is 17.2 Å². The van der Waals surface area contributed by atoms with E-state index < -0.39 is 22.0 Å². The molecular weight excluding hydrogens is 474 g/mol. The smallest absolute Gasteiger partial charge is 0.248 e. The van der Waals surface area contributed by atoms with Gasteiger partial charge in [-0.15, -0.1) is 11.3 Å². The maximum absolute atomic E-state index is 13.2. The minimum atomic E-state index is -3.94. The minimum Gasteiger partial charge on any atom is -0.328 e. The summed E-state index contributed by atoms with van der Waals surface area (Å²) in [4.78, 5) is 32.0. The highest BCUT2D eigenvalue weighted by atomic mass is 32.2. The summed E-state index contributed by atoms with van der Waals surface area (Å²) in [6.07, 6.45) is 7.64. The number of rotatable bonds is 7. The molecule has 1 aliphatic heterocycles. The number of carbonyl (C=O) groups excluding carboxylic acids is 2. The zero-order valence-corrected chi connectivity index (χ0v) is 20.4. The van der Waals surface area contributed by atoms with Gasteiger partial charge in [-0.1, -0.05) is 38.2 Å². The van der Waals surface area contributed by atoms with Gasteiger partial charge < -0.3 is 10.2 Å². The molecular formula is C23H27N5O4S2. The second-order valence-electron chi connectivity index (χ2n) is 8.65. The highest BCUT2D eigenvalue weighted by Crippen LogP contribution is 2.30. The number of benzene rings is 1. The Labute approximate surface area is 203 Å². The predicted octanol–water partition coefficient (Wildman–Crippen LogP) is 2.83. The molecule has 0 spiro atoms. The third kappa shape index (κ3) is 5.46. The Balaban J connectivity index is 1.51. The van der Waals surface area contributed by atoms with E-state index >= 15 is 0 Å². The molecule has 4 rings (SSSR count). The van der Waals surface area contributed by atoms with E-state index in [1.807, 2.05) is 6.07 Å². The normalized spacial score (nSPS) is 18.9. The number of anilines is 1. The quantitative estimate of drug-likeness (QED) is 0.622. The summed E-state index contributed by atoms with van der Waals surface area (Å²) in [7, 11) is -3.94. The van der Waals surface area contributed by atoms with E-state index in [4.69, 9.17) is 5.26 Å². The van der Waals surface area contributed by atoms with Crippen LogP contribution in [0.15, 0.2) is 40.7 Å². The summed E-state index contributed by atoms with van der Waals surface area (Å²) >= 11 is 1.31. The van der Waals surface area contributed by atoms with Crippen LogP contribution in [-0.2, 0) is 19.6 Å². The highest BCUT2D eigenvalue weighted by Gasteiger charge is 2.39. The largest absolute Gasteiger partial charge is 0.328 e. The second kappa shape index (κ2) is 10.6. The molecule has 1 saturated carbocycles. The fourth-order valence-electron chi connectivity index (χ4n) is 4.66. The third-order valence-corrected chi connectivity index (χ3v) is 8.98. The van der Waals surface area contributed by atoms with Crippen molar-refractivity contribution in [3.8, 4) is 6.07 Å². The lowest BCUT2D eigenvalue weighted by Crippen LogP contribution is -2.58. The van der Waals surface area contributed by atoms with Crippen LogP contribution in [0.3, 0.4) is 0 Å². The van der Waals surface area contributed by atoms with Crippen molar-refractivity contribution in [2.24, 2.45) is 5.92 Å². The number of nitrogens with one attached hydrogen (secondary N) is 1. The zero-order chi connectivity index (χ0) is 24.1. The molecule has 1 atom stereocenters. The van der Waals surface area contributed by atoms with Gasteiger partial charge in [-0.3, -0.25) is 9.59 Å². The third-order valence-electron chi connectivity index (χ3n) is 6.45. The summed E-state index contributed by atoms with van der Waals surface area (Å²) in [5.41, 5.74) is 0.234. The molecule has 0 bridgehead atoms. The minimum absolute atomic E-state index is 0.0203. The molecule has 2 aliphatic rings. The molecule has 2 amide bonds. The van der Waals surface area contributed by atoms with Gasteiger partial charge in [0.15, 0.2) is 5.13 Å². The first kappa shape index (κ1) is 24.3. The van der Waals surface area contributed by atoms with Gasteiger partial charge in [0, 0.05) is 24.7 Å². The zero-order valence-electron chi connectivity index (χ0n) is 18.7. The van der Waals surface area contributed by atoms with Crippen LogP contribution >= 0.6 is 11.3 Å². The molecule has 2 heterocycles. The van der Waals surface area contributed by atoms with Crippen molar-refractivity contribution >= 4 is 38.3 Å². The van der Waals surface area contributed by atoms with Crippen molar-refractivity contribution in [1.82, 2.24) is 14.2 Å². The number of hydrogen-bond acceptors (Lipinski definition) is 7. The van der Waals surface area contributed by atoms with Crippen LogP contribution in [0.2, 0.25) is 0 Å². The first-order valence-corrected chi connectivity index (χ1v) is 13.7. The van der Waals surface area contributed by atoms with Gasteiger partial charge in [0.1, 0.15) is 6.04 Å². The van der Waals surface area contributed by atoms with Gasteiger partial charge in [-0.05, 0) is 30.5 Å². The molecule has 180 valence electrons. The summed E-state index contributed by atoms with van der Waals surface area (Å²) in [5, 5.41) is 14.2. The maximum Gasteiger partial charge on any atom is 0.248 e. The standard InChI is InChI=1S/C23H27N5O4S2/c24-15-18-7-4-8-19(13-18)34(31,32)27-10-11-28(21(29)16-27)20(14-17-5-2-1-3-6-17)22(30)26-23-25-9-12-33-23/h4,7-9,12-13,17,20H,1-3,5-6,10-11,14,16H2,(H,25,26,30). The Morgan fingerprint density at radius 2 is 2.06 bits per heavy atom. The lowest BCUT2D eigenvalue weighted by molar-refractivity contribution is -0.142. The summed E-state index contributed by atoms with van der Waals surface area (Å²) in [5.74, 6) is -0.336. The predicted molar refractivity (Wildman–Crippen MR) is 127 cm³/mol. The number of piperazine rings is 1. The van der Waals surface area contributed by atoms with Gasteiger partial charge in [0.2, 0.25) is 21.8 Å². The van der Waals surface area contributed by atoms with Crippen LogP contribution in [-0.4, -0.2) is 60.1 Å². The number of nitrogens with zero attached hydrogens (tertiary/aromatic N) is 4. The molecule has 2 aromatic rings. The van der Waals surface area contributed by atoms with Gasteiger partial charge in [0.05, 0.1) is 23.1 Å². The monoisotopic (exact) mass is 501 g/mol. The van der Waals surface area contributed by atoms with E-state index in [-0.39, 0.29) is 36.0 Å². The number of thiazole rings is 1. The molecule has 9 nitrogen and oxygen atoms in total. The van der Waals surface area contributed by atoms with E-state index in [2.05, 4.69) is 10.3 Å². The van der Waals surface area contributed by atoms with Crippen molar-refractivity contribution < 1.29 is 18.0 Å². The molecule has 2 fully saturated rings. The summed E-state index contributed by atoms with van der Waals surface area (Å²) in [6, 6.07) is 7.02. The van der Waals surface area contributed by atoms with Gasteiger partial charge in [-0.2, -0.15) is 9.57 Å². The van der Waals surface area contributed by atoms with Crippen molar-refractivity contribution in [3.63, 3.8) is 0 Å². The molecule has 34 heavy (non-hydrogen) atoms. The van der Waals surface area contributed by atoms with Crippen LogP contribution in [0.25, 0.3) is 0 Å². The Morgan fingerprint density at radius 3 is 2.74 bits per heavy atom. The topological polar surface area (TPSA) is 123 Å². The average molecular weight is 502 g/mol. The van der Waals surface area contributed by atoms with Gasteiger partial charge in [0.25, 0.3) is 0 Å². The number of amides is 2. The van der Waals surface area contributed by atoms with Crippen molar-refractivity contribution in [3.05, 3.63) is 41.4 Å². The van der Waals surface area contributed by atoms with Gasteiger partial charge in [-0.25, -0.2) is 13.4 Å². The maximum atomic E-state index is 13.2. The number of aromatic nitrogens is 1. The molecule has 1 saturated heterocycles. The lowest BCUT2D eigenvalue weighted by atomic mass is 9.84. The molecule has 11 heteroatoms. The fourth-order valence-corrected chi connectivity index (χ4v) is 6.62. The molecule has 1 unspecified atom stereocenters. The van der Waals surface area contributed by atoms with E-state index in [9.17, 15) is 18.0 Å². The van der Waals surface area contributed by atoms with Crippen molar-refractivity contribution in [2.75, 3.05) is 25.0 Å². The highest BCUT2D eigenvalue weighted by molar-refractivity contribution is 7.89. The van der Waals surface area contributed by atoms with Crippen molar-refractivity contribution in [2.45, 2.75) is 49.5 Å². The molecule has 1 aliphatic carbocycles. The first-order valence-electron chi connectivity index (χ1n) is 11.4. The van der Waals surface area contributed by atoms with Crippen molar-refractivity contribution in [1.29, 1.82) is 5.26 Å². The van der Waals surface area contributed by atoms with Crippen LogP contribution in [0.1, 0.15) is 44.1 Å². The Kier molecular flexibility index (Phi) is 7.60. The van der Waals surface area contributed by atoms with Crippen LogP contribution in [0.5, 0.6) is 0 Å². The van der Waals surface area contributed by atoms with E-state index in [1.165, 1.54) is 46.9 Å². The molecule has 1 N–H and O–H groups in total.